The second-order valence-electron chi connectivity index (χ2n) is 4.96. The van der Waals surface area contributed by atoms with E-state index in [2.05, 4.69) is 53.9 Å². The van der Waals surface area contributed by atoms with Gasteiger partial charge in [-0.05, 0) is 60.3 Å². The standard InChI is InChI=1S/C13H10.C4H9N/c1-2-5-11-9-13-7-3-6-12(13)8-10(11)4-1;1-2-4-5-3-1/h1-6,8-9H,7H2;5H,1-4H2. The Morgan fingerprint density at radius 3 is 2.28 bits per heavy atom. The van der Waals surface area contributed by atoms with Crippen molar-refractivity contribution in [1.29, 1.82) is 0 Å². The zero-order valence-corrected chi connectivity index (χ0v) is 10.7. The van der Waals surface area contributed by atoms with Gasteiger partial charge in [0.05, 0.1) is 0 Å². The predicted octanol–water partition coefficient (Wildman–Crippen LogP) is 3.78. The van der Waals surface area contributed by atoms with Crippen molar-refractivity contribution < 1.29 is 0 Å². The maximum Gasteiger partial charge on any atom is -0.00484 e. The summed E-state index contributed by atoms with van der Waals surface area (Å²) in [7, 11) is 0. The summed E-state index contributed by atoms with van der Waals surface area (Å²) >= 11 is 0. The summed E-state index contributed by atoms with van der Waals surface area (Å²) < 4.78 is 0. The summed E-state index contributed by atoms with van der Waals surface area (Å²) in [4.78, 5) is 0. The van der Waals surface area contributed by atoms with Crippen LogP contribution in [-0.4, -0.2) is 13.1 Å². The van der Waals surface area contributed by atoms with E-state index in [1.165, 1.54) is 47.8 Å². The van der Waals surface area contributed by atoms with Crippen molar-refractivity contribution in [3.63, 3.8) is 0 Å². The molecule has 1 aliphatic heterocycles. The molecule has 1 N–H and O–H groups in total. The Kier molecular flexibility index (Phi) is 3.42. The van der Waals surface area contributed by atoms with E-state index in [0.29, 0.717) is 0 Å². The van der Waals surface area contributed by atoms with Crippen molar-refractivity contribution >= 4 is 16.8 Å². The van der Waals surface area contributed by atoms with E-state index in [4.69, 9.17) is 0 Å². The number of benzene rings is 2. The number of allylic oxidation sites excluding steroid dienone is 1. The average molecular weight is 237 g/mol. The van der Waals surface area contributed by atoms with Gasteiger partial charge in [0.15, 0.2) is 0 Å². The third kappa shape index (κ3) is 2.46. The minimum Gasteiger partial charge on any atom is -0.317 e. The molecule has 0 saturated carbocycles. The first-order chi connectivity index (χ1) is 8.93. The second kappa shape index (κ2) is 5.36. The number of rotatable bonds is 0. The van der Waals surface area contributed by atoms with Gasteiger partial charge < -0.3 is 5.32 Å². The van der Waals surface area contributed by atoms with Crippen molar-refractivity contribution in [3.8, 4) is 0 Å². The molecule has 2 aromatic carbocycles. The quantitative estimate of drug-likeness (QED) is 0.735. The van der Waals surface area contributed by atoms with Crippen molar-refractivity contribution in [2.75, 3.05) is 13.1 Å². The van der Waals surface area contributed by atoms with E-state index in [0.717, 1.165) is 6.42 Å². The molecule has 92 valence electrons. The SMILES string of the molecule is C1=Cc2cc3ccccc3cc2C1.C1CCNC1. The van der Waals surface area contributed by atoms with E-state index >= 15 is 0 Å². The molecule has 1 fully saturated rings. The monoisotopic (exact) mass is 237 g/mol. The lowest BCUT2D eigenvalue weighted by atomic mass is 10.0. The Morgan fingerprint density at radius 1 is 0.889 bits per heavy atom. The molecule has 0 atom stereocenters. The molecule has 0 amide bonds. The third-order valence-electron chi connectivity index (χ3n) is 3.60. The van der Waals surface area contributed by atoms with Crippen molar-refractivity contribution in [2.24, 2.45) is 0 Å². The largest absolute Gasteiger partial charge is 0.317 e. The van der Waals surface area contributed by atoms with Crippen LogP contribution in [0.25, 0.3) is 16.8 Å². The molecule has 4 rings (SSSR count). The zero-order valence-electron chi connectivity index (χ0n) is 10.7. The van der Waals surface area contributed by atoms with Gasteiger partial charge in [0, 0.05) is 0 Å². The summed E-state index contributed by atoms with van der Waals surface area (Å²) in [5, 5.41) is 5.91. The van der Waals surface area contributed by atoms with E-state index < -0.39 is 0 Å². The summed E-state index contributed by atoms with van der Waals surface area (Å²) in [6.07, 6.45) is 8.31. The first kappa shape index (κ1) is 11.5. The highest BCUT2D eigenvalue weighted by Crippen LogP contribution is 2.25. The van der Waals surface area contributed by atoms with Gasteiger partial charge in [-0.1, -0.05) is 42.5 Å². The molecule has 1 heterocycles. The molecule has 0 aromatic heterocycles. The Balaban J connectivity index is 0.000000169. The van der Waals surface area contributed by atoms with Crippen LogP contribution in [0.3, 0.4) is 0 Å². The highest BCUT2D eigenvalue weighted by molar-refractivity contribution is 5.86. The third-order valence-corrected chi connectivity index (χ3v) is 3.60. The van der Waals surface area contributed by atoms with E-state index in [1.54, 1.807) is 0 Å². The summed E-state index contributed by atoms with van der Waals surface area (Å²) in [6, 6.07) is 13.1. The topological polar surface area (TPSA) is 12.0 Å². The van der Waals surface area contributed by atoms with Crippen LogP contribution < -0.4 is 5.32 Å². The van der Waals surface area contributed by atoms with Gasteiger partial charge >= 0.3 is 0 Å². The van der Waals surface area contributed by atoms with Crippen LogP contribution in [0.15, 0.2) is 42.5 Å². The molecule has 1 aliphatic carbocycles. The first-order valence-corrected chi connectivity index (χ1v) is 6.82. The average Bonchev–Trinajstić information content (AvgIpc) is 3.09. The molecule has 1 nitrogen and oxygen atoms in total. The van der Waals surface area contributed by atoms with Crippen molar-refractivity contribution in [1.82, 2.24) is 5.32 Å². The molecule has 1 saturated heterocycles. The highest BCUT2D eigenvalue weighted by Gasteiger charge is 2.05. The fraction of sp³-hybridized carbons (Fsp3) is 0.294. The Labute approximate surface area is 109 Å². The first-order valence-electron chi connectivity index (χ1n) is 6.82. The number of hydrogen-bond donors (Lipinski definition) is 1. The Morgan fingerprint density at radius 2 is 1.61 bits per heavy atom. The van der Waals surface area contributed by atoms with Gasteiger partial charge in [0.25, 0.3) is 0 Å². The van der Waals surface area contributed by atoms with Gasteiger partial charge in [-0.3, -0.25) is 0 Å². The molecular weight excluding hydrogens is 218 g/mol. The minimum absolute atomic E-state index is 1.10. The predicted molar refractivity (Wildman–Crippen MR) is 78.8 cm³/mol. The number of fused-ring (bicyclic) bond motifs is 2. The van der Waals surface area contributed by atoms with Gasteiger partial charge in [-0.15, -0.1) is 0 Å². The van der Waals surface area contributed by atoms with Crippen LogP contribution in [0.1, 0.15) is 24.0 Å². The van der Waals surface area contributed by atoms with Crippen LogP contribution in [0.5, 0.6) is 0 Å². The second-order valence-corrected chi connectivity index (χ2v) is 4.96. The normalized spacial score (nSPS) is 16.4. The van der Waals surface area contributed by atoms with Gasteiger partial charge in [-0.2, -0.15) is 0 Å². The van der Waals surface area contributed by atoms with Crippen molar-refractivity contribution in [3.05, 3.63) is 53.6 Å². The van der Waals surface area contributed by atoms with Gasteiger partial charge in [-0.25, -0.2) is 0 Å². The van der Waals surface area contributed by atoms with Gasteiger partial charge in [0.2, 0.25) is 0 Å². The van der Waals surface area contributed by atoms with E-state index in [1.807, 2.05) is 0 Å². The Bertz CT molecular complexity index is 557. The molecular formula is C17H19N. The molecule has 0 radical (unpaired) electrons. The number of hydrogen-bond acceptors (Lipinski definition) is 1. The molecule has 0 spiro atoms. The molecule has 0 unspecified atom stereocenters. The number of nitrogens with one attached hydrogen (secondary N) is 1. The molecule has 2 aromatic rings. The van der Waals surface area contributed by atoms with Crippen LogP contribution in [0.2, 0.25) is 0 Å². The van der Waals surface area contributed by atoms with Crippen LogP contribution in [0.4, 0.5) is 0 Å². The smallest absolute Gasteiger partial charge is 0.00484 e. The van der Waals surface area contributed by atoms with Crippen LogP contribution >= 0.6 is 0 Å². The minimum atomic E-state index is 1.10. The lowest BCUT2D eigenvalue weighted by molar-refractivity contribution is 0.857. The highest BCUT2D eigenvalue weighted by atomic mass is 14.9. The lowest BCUT2D eigenvalue weighted by Gasteiger charge is -2.02. The maximum absolute atomic E-state index is 3.22. The maximum atomic E-state index is 3.22. The fourth-order valence-corrected chi connectivity index (χ4v) is 2.57. The summed E-state index contributed by atoms with van der Waals surface area (Å²) in [5.74, 6) is 0. The van der Waals surface area contributed by atoms with E-state index in [9.17, 15) is 0 Å². The Hall–Kier alpha value is -1.60. The van der Waals surface area contributed by atoms with Crippen molar-refractivity contribution in [2.45, 2.75) is 19.3 Å². The zero-order chi connectivity index (χ0) is 12.2. The van der Waals surface area contributed by atoms with E-state index in [-0.39, 0.29) is 0 Å². The van der Waals surface area contributed by atoms with Crippen LogP contribution in [-0.2, 0) is 6.42 Å². The van der Waals surface area contributed by atoms with Crippen LogP contribution in [0, 0.1) is 0 Å². The fourth-order valence-electron chi connectivity index (χ4n) is 2.57. The molecule has 1 heteroatoms. The lowest BCUT2D eigenvalue weighted by Crippen LogP contribution is -2.03. The summed E-state index contributed by atoms with van der Waals surface area (Å²) in [6.45, 7) is 2.50. The summed E-state index contributed by atoms with van der Waals surface area (Å²) in [5.41, 5.74) is 2.84. The van der Waals surface area contributed by atoms with Gasteiger partial charge in [0.1, 0.15) is 0 Å². The molecule has 18 heavy (non-hydrogen) atoms. The molecule has 2 aliphatic rings. The molecule has 0 bridgehead atoms.